The Balaban J connectivity index is 2.46. The fraction of sp³-hybridized carbons (Fsp3) is 0.417. The molecule has 0 spiro atoms. The van der Waals surface area contributed by atoms with Crippen molar-refractivity contribution in [1.29, 1.82) is 0 Å². The number of rotatable bonds is 8. The second-order valence-electron chi connectivity index (χ2n) is 8.07. The van der Waals surface area contributed by atoms with E-state index in [0.717, 1.165) is 11.3 Å². The van der Waals surface area contributed by atoms with Crippen molar-refractivity contribution in [3.05, 3.63) is 59.4 Å². The number of nitrogens with one attached hydrogen (secondary N) is 1. The summed E-state index contributed by atoms with van der Waals surface area (Å²) >= 11 is 0. The SMILES string of the molecule is CCC(=O)Nc1ccc(N(C)C)c(CN(C(=O)c2cccc(F)c2)C(C)C(C)C)c1. The number of carbonyl (C=O) groups is 2. The van der Waals surface area contributed by atoms with Crippen molar-refractivity contribution in [1.82, 2.24) is 4.90 Å². The Morgan fingerprint density at radius 1 is 1.07 bits per heavy atom. The highest BCUT2D eigenvalue weighted by Gasteiger charge is 2.25. The summed E-state index contributed by atoms with van der Waals surface area (Å²) in [5.74, 6) is -0.505. The highest BCUT2D eigenvalue weighted by Crippen LogP contribution is 2.27. The molecular weight excluding hydrogens is 381 g/mol. The second kappa shape index (κ2) is 10.2. The van der Waals surface area contributed by atoms with Gasteiger partial charge in [-0.15, -0.1) is 0 Å². The fourth-order valence-corrected chi connectivity index (χ4v) is 3.21. The van der Waals surface area contributed by atoms with Gasteiger partial charge in [-0.2, -0.15) is 0 Å². The van der Waals surface area contributed by atoms with Gasteiger partial charge in [-0.1, -0.05) is 26.8 Å². The van der Waals surface area contributed by atoms with E-state index in [1.807, 2.05) is 44.1 Å². The van der Waals surface area contributed by atoms with Crippen LogP contribution in [0.2, 0.25) is 0 Å². The van der Waals surface area contributed by atoms with Gasteiger partial charge in [0, 0.05) is 50.0 Å². The smallest absolute Gasteiger partial charge is 0.254 e. The molecule has 0 heterocycles. The van der Waals surface area contributed by atoms with E-state index in [9.17, 15) is 14.0 Å². The average Bonchev–Trinajstić information content (AvgIpc) is 2.70. The van der Waals surface area contributed by atoms with Gasteiger partial charge < -0.3 is 15.1 Å². The van der Waals surface area contributed by atoms with Crippen molar-refractivity contribution in [2.75, 3.05) is 24.3 Å². The molecule has 0 saturated carbocycles. The normalized spacial score (nSPS) is 11.9. The molecule has 6 heteroatoms. The Labute approximate surface area is 178 Å². The number of nitrogens with zero attached hydrogens (tertiary/aromatic N) is 2. The van der Waals surface area contributed by atoms with Gasteiger partial charge in [-0.05, 0) is 54.8 Å². The minimum atomic E-state index is -0.434. The highest BCUT2D eigenvalue weighted by molar-refractivity contribution is 5.94. The first-order valence-corrected chi connectivity index (χ1v) is 10.3. The molecule has 2 aromatic rings. The third-order valence-electron chi connectivity index (χ3n) is 5.30. The van der Waals surface area contributed by atoms with E-state index in [0.29, 0.717) is 24.2 Å². The summed E-state index contributed by atoms with van der Waals surface area (Å²) in [4.78, 5) is 28.9. The molecule has 2 rings (SSSR count). The Bertz CT molecular complexity index is 896. The zero-order valence-electron chi connectivity index (χ0n) is 18.7. The van der Waals surface area contributed by atoms with Crippen molar-refractivity contribution < 1.29 is 14.0 Å². The predicted molar refractivity (Wildman–Crippen MR) is 120 cm³/mol. The predicted octanol–water partition coefficient (Wildman–Crippen LogP) is 4.93. The number of hydrogen-bond donors (Lipinski definition) is 1. The van der Waals surface area contributed by atoms with Crippen molar-refractivity contribution in [3.8, 4) is 0 Å². The van der Waals surface area contributed by atoms with Gasteiger partial charge in [0.2, 0.25) is 5.91 Å². The lowest BCUT2D eigenvalue weighted by molar-refractivity contribution is -0.115. The van der Waals surface area contributed by atoms with Crippen LogP contribution in [0.25, 0.3) is 0 Å². The topological polar surface area (TPSA) is 52.7 Å². The Kier molecular flexibility index (Phi) is 7.98. The van der Waals surface area contributed by atoms with Crippen LogP contribution in [0, 0.1) is 11.7 Å². The van der Waals surface area contributed by atoms with Gasteiger partial charge in [0.05, 0.1) is 0 Å². The van der Waals surface area contributed by atoms with E-state index in [1.54, 1.807) is 24.0 Å². The monoisotopic (exact) mass is 413 g/mol. The lowest BCUT2D eigenvalue weighted by Gasteiger charge is -2.33. The first-order chi connectivity index (χ1) is 14.1. The Morgan fingerprint density at radius 2 is 1.77 bits per heavy atom. The number of amides is 2. The van der Waals surface area contributed by atoms with Crippen molar-refractivity contribution in [2.45, 2.75) is 46.7 Å². The van der Waals surface area contributed by atoms with Crippen LogP contribution >= 0.6 is 0 Å². The summed E-state index contributed by atoms with van der Waals surface area (Å²) in [7, 11) is 3.88. The molecule has 0 radical (unpaired) electrons. The third kappa shape index (κ3) is 5.81. The second-order valence-corrected chi connectivity index (χ2v) is 8.07. The summed E-state index contributed by atoms with van der Waals surface area (Å²) in [5.41, 5.74) is 2.88. The highest BCUT2D eigenvalue weighted by atomic mass is 19.1. The lowest BCUT2D eigenvalue weighted by Crippen LogP contribution is -2.41. The van der Waals surface area contributed by atoms with Crippen molar-refractivity contribution in [3.63, 3.8) is 0 Å². The van der Waals surface area contributed by atoms with Gasteiger partial charge in [-0.3, -0.25) is 9.59 Å². The summed E-state index contributed by atoms with van der Waals surface area (Å²) in [6.45, 7) is 8.26. The Morgan fingerprint density at radius 3 is 2.33 bits per heavy atom. The third-order valence-corrected chi connectivity index (χ3v) is 5.30. The molecule has 0 aliphatic rings. The molecule has 2 amide bonds. The molecule has 1 unspecified atom stereocenters. The number of hydrogen-bond acceptors (Lipinski definition) is 3. The van der Waals surface area contributed by atoms with E-state index in [2.05, 4.69) is 19.2 Å². The summed E-state index contributed by atoms with van der Waals surface area (Å²) < 4.78 is 13.7. The van der Waals surface area contributed by atoms with Gasteiger partial charge in [0.25, 0.3) is 5.91 Å². The van der Waals surface area contributed by atoms with Gasteiger partial charge in [0.1, 0.15) is 5.82 Å². The molecule has 0 aliphatic heterocycles. The lowest BCUT2D eigenvalue weighted by atomic mass is 10.0. The van der Waals surface area contributed by atoms with E-state index in [4.69, 9.17) is 0 Å². The molecule has 0 bridgehead atoms. The molecule has 0 fully saturated rings. The maximum atomic E-state index is 13.7. The van der Waals surface area contributed by atoms with Crippen LogP contribution in [-0.4, -0.2) is 36.9 Å². The zero-order valence-corrected chi connectivity index (χ0v) is 18.7. The van der Waals surface area contributed by atoms with Crippen LogP contribution in [-0.2, 0) is 11.3 Å². The van der Waals surface area contributed by atoms with E-state index in [1.165, 1.54) is 12.1 Å². The molecule has 162 valence electrons. The van der Waals surface area contributed by atoms with E-state index in [-0.39, 0.29) is 23.8 Å². The van der Waals surface area contributed by atoms with Crippen LogP contribution in [0.3, 0.4) is 0 Å². The van der Waals surface area contributed by atoms with Crippen LogP contribution in [0.4, 0.5) is 15.8 Å². The van der Waals surface area contributed by atoms with Crippen LogP contribution in [0.5, 0.6) is 0 Å². The summed E-state index contributed by atoms with van der Waals surface area (Å²) in [6, 6.07) is 11.4. The molecule has 1 atom stereocenters. The fourth-order valence-electron chi connectivity index (χ4n) is 3.21. The first kappa shape index (κ1) is 23.4. The molecule has 5 nitrogen and oxygen atoms in total. The van der Waals surface area contributed by atoms with Gasteiger partial charge in [-0.25, -0.2) is 4.39 Å². The van der Waals surface area contributed by atoms with Gasteiger partial charge in [0.15, 0.2) is 0 Å². The minimum absolute atomic E-state index is 0.0651. The van der Waals surface area contributed by atoms with E-state index >= 15 is 0 Å². The van der Waals surface area contributed by atoms with E-state index < -0.39 is 5.82 Å². The average molecular weight is 414 g/mol. The van der Waals surface area contributed by atoms with Gasteiger partial charge >= 0.3 is 0 Å². The Hall–Kier alpha value is -2.89. The van der Waals surface area contributed by atoms with Crippen molar-refractivity contribution >= 4 is 23.2 Å². The molecule has 2 aromatic carbocycles. The van der Waals surface area contributed by atoms with Crippen molar-refractivity contribution in [2.24, 2.45) is 5.92 Å². The molecule has 0 aromatic heterocycles. The van der Waals surface area contributed by atoms with Crippen LogP contribution < -0.4 is 10.2 Å². The summed E-state index contributed by atoms with van der Waals surface area (Å²) in [6.07, 6.45) is 0.388. The number of anilines is 2. The molecule has 0 saturated heterocycles. The minimum Gasteiger partial charge on any atom is -0.377 e. The van der Waals surface area contributed by atoms with Crippen LogP contribution in [0.15, 0.2) is 42.5 Å². The maximum absolute atomic E-state index is 13.7. The molecule has 30 heavy (non-hydrogen) atoms. The zero-order chi connectivity index (χ0) is 22.4. The standard InChI is InChI=1S/C24H32FN3O2/c1-7-23(29)26-21-11-12-22(27(5)6)19(14-21)15-28(17(4)16(2)3)24(30)18-9-8-10-20(25)13-18/h8-14,16-17H,7,15H2,1-6H3,(H,26,29). The molecular formula is C24H32FN3O2. The quantitative estimate of drug-likeness (QED) is 0.668. The first-order valence-electron chi connectivity index (χ1n) is 10.3. The largest absolute Gasteiger partial charge is 0.377 e. The number of halogens is 1. The number of carbonyl (C=O) groups excluding carboxylic acids is 2. The molecule has 1 N–H and O–H groups in total. The maximum Gasteiger partial charge on any atom is 0.254 e. The van der Waals surface area contributed by atoms with Crippen LogP contribution in [0.1, 0.15) is 50.0 Å². The molecule has 0 aliphatic carbocycles. The summed E-state index contributed by atoms with van der Waals surface area (Å²) in [5, 5.41) is 2.88. The number of benzene rings is 2.